The molecule has 0 aromatic carbocycles. The molecule has 144 valence electrons. The third kappa shape index (κ3) is 4.67. The van der Waals surface area contributed by atoms with Crippen molar-refractivity contribution in [1.29, 1.82) is 0 Å². The van der Waals surface area contributed by atoms with Gasteiger partial charge in [0.15, 0.2) is 5.65 Å². The fraction of sp³-hybridized carbons (Fsp3) is 0.500. The zero-order valence-electron chi connectivity index (χ0n) is 16.2. The second kappa shape index (κ2) is 9.01. The van der Waals surface area contributed by atoms with Crippen molar-refractivity contribution in [2.24, 2.45) is 17.0 Å². The van der Waals surface area contributed by atoms with Crippen molar-refractivity contribution >= 4 is 29.7 Å². The molecule has 3 rings (SSSR count). The fourth-order valence-electron chi connectivity index (χ4n) is 3.30. The van der Waals surface area contributed by atoms with Gasteiger partial charge >= 0.3 is 0 Å². The number of piperidine rings is 1. The molecule has 1 saturated heterocycles. The molecule has 1 fully saturated rings. The second-order valence-electron chi connectivity index (χ2n) is 6.95. The van der Waals surface area contributed by atoms with E-state index in [2.05, 4.69) is 38.1 Å². The molecule has 2 aromatic heterocycles. The Bertz CT molecular complexity index is 846. The molecule has 2 aromatic rings. The number of fused-ring (bicyclic) bond motifs is 1. The molecule has 1 N–H and O–H groups in total. The van der Waals surface area contributed by atoms with Crippen LogP contribution < -0.4 is 0 Å². The standard InChI is InChI=1S/C20H28N6O/c1-4-5-19-23-18-7-6-17(24-20(18)25(19)3)15(12-21-2)13-22-14-26-10-8-16(27)9-11-26/h6-7,12-13,16,27H,2,4-5,8-11,14H2,1,3H3/b15-12+,22-13-. The van der Waals surface area contributed by atoms with Crippen LogP contribution in [0.25, 0.3) is 16.7 Å². The summed E-state index contributed by atoms with van der Waals surface area (Å²) in [5.41, 5.74) is 3.39. The van der Waals surface area contributed by atoms with Crippen molar-refractivity contribution in [3.8, 4) is 0 Å². The zero-order chi connectivity index (χ0) is 19.2. The monoisotopic (exact) mass is 368 g/mol. The Morgan fingerprint density at radius 1 is 1.33 bits per heavy atom. The van der Waals surface area contributed by atoms with Crippen LogP contribution in [0.1, 0.15) is 37.7 Å². The van der Waals surface area contributed by atoms with Gasteiger partial charge in [-0.3, -0.25) is 14.9 Å². The van der Waals surface area contributed by atoms with Gasteiger partial charge in [-0.2, -0.15) is 0 Å². The van der Waals surface area contributed by atoms with Gasteiger partial charge in [-0.1, -0.05) is 6.92 Å². The average Bonchev–Trinajstić information content (AvgIpc) is 2.98. The quantitative estimate of drug-likeness (QED) is 0.762. The second-order valence-corrected chi connectivity index (χ2v) is 6.95. The Hall–Kier alpha value is -2.38. The Balaban J connectivity index is 1.78. The molecular formula is C20H28N6O. The summed E-state index contributed by atoms with van der Waals surface area (Å²) < 4.78 is 2.05. The van der Waals surface area contributed by atoms with Crippen LogP contribution in [0.5, 0.6) is 0 Å². The number of imidazole rings is 1. The van der Waals surface area contributed by atoms with E-state index in [9.17, 15) is 5.11 Å². The molecule has 0 saturated carbocycles. The lowest BCUT2D eigenvalue weighted by Gasteiger charge is -2.27. The topological polar surface area (TPSA) is 78.9 Å². The van der Waals surface area contributed by atoms with Crippen LogP contribution >= 0.6 is 0 Å². The van der Waals surface area contributed by atoms with E-state index in [0.717, 1.165) is 67.0 Å². The van der Waals surface area contributed by atoms with Gasteiger partial charge in [0, 0.05) is 44.5 Å². The average molecular weight is 368 g/mol. The van der Waals surface area contributed by atoms with E-state index >= 15 is 0 Å². The first-order chi connectivity index (χ1) is 13.1. The summed E-state index contributed by atoms with van der Waals surface area (Å²) in [5.74, 6) is 1.05. The zero-order valence-corrected chi connectivity index (χ0v) is 16.2. The fourth-order valence-corrected chi connectivity index (χ4v) is 3.30. The van der Waals surface area contributed by atoms with E-state index in [1.165, 1.54) is 0 Å². The molecule has 3 heterocycles. The molecule has 0 unspecified atom stereocenters. The molecule has 1 aliphatic heterocycles. The minimum Gasteiger partial charge on any atom is -0.393 e. The highest BCUT2D eigenvalue weighted by Gasteiger charge is 2.16. The van der Waals surface area contributed by atoms with Gasteiger partial charge < -0.3 is 9.67 Å². The molecule has 27 heavy (non-hydrogen) atoms. The van der Waals surface area contributed by atoms with Crippen molar-refractivity contribution in [2.75, 3.05) is 19.8 Å². The number of aryl methyl sites for hydroxylation is 2. The predicted molar refractivity (Wildman–Crippen MR) is 110 cm³/mol. The summed E-state index contributed by atoms with van der Waals surface area (Å²) >= 11 is 0. The highest BCUT2D eigenvalue weighted by molar-refractivity contribution is 6.09. The molecule has 0 radical (unpaired) electrons. The third-order valence-electron chi connectivity index (χ3n) is 4.88. The Morgan fingerprint density at radius 2 is 2.11 bits per heavy atom. The van der Waals surface area contributed by atoms with E-state index in [1.54, 1.807) is 12.4 Å². The van der Waals surface area contributed by atoms with Crippen LogP contribution in [-0.2, 0) is 13.5 Å². The number of hydrogen-bond acceptors (Lipinski definition) is 6. The minimum atomic E-state index is -0.168. The van der Waals surface area contributed by atoms with Crippen molar-refractivity contribution in [1.82, 2.24) is 19.4 Å². The van der Waals surface area contributed by atoms with Crippen LogP contribution in [0.15, 0.2) is 28.3 Å². The lowest BCUT2D eigenvalue weighted by atomic mass is 10.1. The number of hydrogen-bond donors (Lipinski definition) is 1. The SMILES string of the molecule is C=N/C=C(\C=N/CN1CCC(O)CC1)c1ccc2nc(CCC)n(C)c2n1. The first kappa shape index (κ1) is 19.4. The summed E-state index contributed by atoms with van der Waals surface area (Å²) in [6, 6.07) is 3.94. The number of pyridine rings is 1. The van der Waals surface area contributed by atoms with Crippen molar-refractivity contribution < 1.29 is 5.11 Å². The van der Waals surface area contributed by atoms with E-state index in [1.807, 2.05) is 19.2 Å². The summed E-state index contributed by atoms with van der Waals surface area (Å²) in [7, 11) is 2.01. The Morgan fingerprint density at radius 3 is 2.81 bits per heavy atom. The van der Waals surface area contributed by atoms with Gasteiger partial charge in [0.05, 0.1) is 18.5 Å². The van der Waals surface area contributed by atoms with E-state index < -0.39 is 0 Å². The van der Waals surface area contributed by atoms with Gasteiger partial charge in [0.1, 0.15) is 11.3 Å². The van der Waals surface area contributed by atoms with Crippen LogP contribution in [0.2, 0.25) is 0 Å². The highest BCUT2D eigenvalue weighted by atomic mass is 16.3. The maximum Gasteiger partial charge on any atom is 0.160 e. The number of aromatic nitrogens is 3. The molecule has 0 amide bonds. The molecule has 7 nitrogen and oxygen atoms in total. The van der Waals surface area contributed by atoms with Gasteiger partial charge in [0.25, 0.3) is 0 Å². The highest BCUT2D eigenvalue weighted by Crippen LogP contribution is 2.18. The third-order valence-corrected chi connectivity index (χ3v) is 4.88. The lowest BCUT2D eigenvalue weighted by molar-refractivity contribution is 0.0843. The maximum absolute atomic E-state index is 9.59. The number of aliphatic imine (C=N–C) groups is 2. The number of aliphatic hydroxyl groups excluding tert-OH is 1. The van der Waals surface area contributed by atoms with Gasteiger partial charge in [-0.25, -0.2) is 9.97 Å². The van der Waals surface area contributed by atoms with Crippen LogP contribution in [-0.4, -0.2) is 63.3 Å². The van der Waals surface area contributed by atoms with E-state index in [4.69, 9.17) is 4.98 Å². The Kier molecular flexibility index (Phi) is 6.47. The summed E-state index contributed by atoms with van der Waals surface area (Å²) in [6.07, 6.45) is 6.92. The molecule has 0 atom stereocenters. The minimum absolute atomic E-state index is 0.168. The summed E-state index contributed by atoms with van der Waals surface area (Å²) in [5, 5.41) is 9.59. The van der Waals surface area contributed by atoms with Crippen molar-refractivity contribution in [3.63, 3.8) is 0 Å². The maximum atomic E-state index is 9.59. The summed E-state index contributed by atoms with van der Waals surface area (Å²) in [6.45, 7) is 8.07. The number of aliphatic hydroxyl groups is 1. The van der Waals surface area contributed by atoms with E-state index in [0.29, 0.717) is 6.67 Å². The molecule has 7 heteroatoms. The molecule has 0 bridgehead atoms. The van der Waals surface area contributed by atoms with Crippen molar-refractivity contribution in [2.45, 2.75) is 38.7 Å². The Labute approximate surface area is 160 Å². The van der Waals surface area contributed by atoms with Crippen LogP contribution in [0.3, 0.4) is 0 Å². The van der Waals surface area contributed by atoms with E-state index in [-0.39, 0.29) is 6.10 Å². The van der Waals surface area contributed by atoms with Gasteiger partial charge in [-0.05, 0) is 38.1 Å². The smallest absolute Gasteiger partial charge is 0.160 e. The van der Waals surface area contributed by atoms with Crippen LogP contribution in [0.4, 0.5) is 0 Å². The summed E-state index contributed by atoms with van der Waals surface area (Å²) in [4.78, 5) is 20.1. The number of rotatable bonds is 7. The first-order valence-corrected chi connectivity index (χ1v) is 9.51. The van der Waals surface area contributed by atoms with Crippen molar-refractivity contribution in [3.05, 3.63) is 29.9 Å². The molecule has 0 spiro atoms. The molecule has 1 aliphatic rings. The number of allylic oxidation sites excluding steroid dienone is 1. The van der Waals surface area contributed by atoms with Gasteiger partial charge in [-0.15, -0.1) is 0 Å². The molecular weight excluding hydrogens is 340 g/mol. The number of nitrogens with zero attached hydrogens (tertiary/aromatic N) is 6. The van der Waals surface area contributed by atoms with Gasteiger partial charge in [0.2, 0.25) is 0 Å². The van der Waals surface area contributed by atoms with Crippen LogP contribution in [0, 0.1) is 0 Å². The number of likely N-dealkylation sites (tertiary alicyclic amines) is 1. The first-order valence-electron chi connectivity index (χ1n) is 9.51. The lowest BCUT2D eigenvalue weighted by Crippen LogP contribution is -2.35. The largest absolute Gasteiger partial charge is 0.393 e. The predicted octanol–water partition coefficient (Wildman–Crippen LogP) is 2.45. The normalized spacial score (nSPS) is 17.2. The molecule has 0 aliphatic carbocycles.